The molecule has 1 aliphatic rings. The zero-order valence-corrected chi connectivity index (χ0v) is 19.1. The van der Waals surface area contributed by atoms with Crippen LogP contribution in [-0.2, 0) is 14.8 Å². The van der Waals surface area contributed by atoms with Crippen LogP contribution in [0, 0.1) is 0 Å². The molecule has 0 radical (unpaired) electrons. The van der Waals surface area contributed by atoms with Crippen LogP contribution in [0.1, 0.15) is 30.1 Å². The van der Waals surface area contributed by atoms with Crippen LogP contribution in [0.15, 0.2) is 47.4 Å². The standard InChI is InChI=1S/C22H27N3O6S/c1-4-23-21(26)18-9-6-12-25(18)22(27)15-7-5-8-16(13-15)24-32(28,29)17-10-11-19(30-2)20(14-17)31-3/h5,7-8,10-11,13-14,18,24H,4,6,9,12H2,1-3H3,(H,23,26). The van der Waals surface area contributed by atoms with Crippen LogP contribution in [0.3, 0.4) is 0 Å². The molecule has 9 nitrogen and oxygen atoms in total. The molecular formula is C22H27N3O6S. The van der Waals surface area contributed by atoms with Crippen LogP contribution in [0.2, 0.25) is 0 Å². The molecule has 1 fully saturated rings. The van der Waals surface area contributed by atoms with Crippen LogP contribution < -0.4 is 19.5 Å². The van der Waals surface area contributed by atoms with Gasteiger partial charge in [-0.2, -0.15) is 0 Å². The van der Waals surface area contributed by atoms with Gasteiger partial charge >= 0.3 is 0 Å². The van der Waals surface area contributed by atoms with Crippen molar-refractivity contribution in [1.29, 1.82) is 0 Å². The third-order valence-electron chi connectivity index (χ3n) is 5.19. The highest BCUT2D eigenvalue weighted by Gasteiger charge is 2.34. The Bertz CT molecular complexity index is 1100. The van der Waals surface area contributed by atoms with Crippen LogP contribution in [0.5, 0.6) is 11.5 Å². The third-order valence-corrected chi connectivity index (χ3v) is 6.57. The average Bonchev–Trinajstić information content (AvgIpc) is 3.28. The molecule has 2 amide bonds. The number of ether oxygens (including phenoxy) is 2. The summed E-state index contributed by atoms with van der Waals surface area (Å²) in [7, 11) is -1.06. The van der Waals surface area contributed by atoms with Gasteiger partial charge in [0.2, 0.25) is 5.91 Å². The summed E-state index contributed by atoms with van der Waals surface area (Å²) in [6.45, 7) is 2.79. The van der Waals surface area contributed by atoms with Crippen molar-refractivity contribution in [2.24, 2.45) is 0 Å². The molecule has 1 atom stereocenters. The molecule has 1 saturated heterocycles. The van der Waals surface area contributed by atoms with Gasteiger partial charge < -0.3 is 19.7 Å². The maximum Gasteiger partial charge on any atom is 0.262 e. The number of nitrogens with zero attached hydrogens (tertiary/aromatic N) is 1. The van der Waals surface area contributed by atoms with Crippen molar-refractivity contribution in [3.63, 3.8) is 0 Å². The predicted molar refractivity (Wildman–Crippen MR) is 120 cm³/mol. The Morgan fingerprint density at radius 2 is 1.84 bits per heavy atom. The molecule has 2 aromatic carbocycles. The van der Waals surface area contributed by atoms with Crippen LogP contribution in [0.25, 0.3) is 0 Å². The molecule has 0 saturated carbocycles. The fraction of sp³-hybridized carbons (Fsp3) is 0.364. The summed E-state index contributed by atoms with van der Waals surface area (Å²) in [6.07, 6.45) is 1.34. The Labute approximate surface area is 187 Å². The molecule has 2 aromatic rings. The Morgan fingerprint density at radius 1 is 1.09 bits per heavy atom. The van der Waals surface area contributed by atoms with Gasteiger partial charge in [0.25, 0.3) is 15.9 Å². The van der Waals surface area contributed by atoms with Crippen molar-refractivity contribution >= 4 is 27.5 Å². The highest BCUT2D eigenvalue weighted by Crippen LogP contribution is 2.30. The van der Waals surface area contributed by atoms with Gasteiger partial charge in [-0.1, -0.05) is 6.07 Å². The normalized spacial score (nSPS) is 15.8. The molecule has 172 valence electrons. The van der Waals surface area contributed by atoms with Crippen molar-refractivity contribution in [2.45, 2.75) is 30.7 Å². The molecule has 32 heavy (non-hydrogen) atoms. The summed E-state index contributed by atoms with van der Waals surface area (Å²) in [5.41, 5.74) is 0.535. The molecule has 3 rings (SSSR count). The zero-order valence-electron chi connectivity index (χ0n) is 18.3. The average molecular weight is 462 g/mol. The number of anilines is 1. The fourth-order valence-corrected chi connectivity index (χ4v) is 4.72. The summed E-state index contributed by atoms with van der Waals surface area (Å²) in [5.74, 6) is 0.200. The first-order chi connectivity index (χ1) is 15.3. The summed E-state index contributed by atoms with van der Waals surface area (Å²) in [4.78, 5) is 26.9. The molecule has 2 N–H and O–H groups in total. The van der Waals surface area contributed by atoms with Gasteiger partial charge in [0.1, 0.15) is 6.04 Å². The Morgan fingerprint density at radius 3 is 2.53 bits per heavy atom. The smallest absolute Gasteiger partial charge is 0.262 e. The SMILES string of the molecule is CCNC(=O)C1CCCN1C(=O)c1cccc(NS(=O)(=O)c2ccc(OC)c(OC)c2)c1. The number of carbonyl (C=O) groups excluding carboxylic acids is 2. The second kappa shape index (κ2) is 9.90. The van der Waals surface area contributed by atoms with E-state index in [-0.39, 0.29) is 28.1 Å². The number of methoxy groups -OCH3 is 2. The van der Waals surface area contributed by atoms with E-state index in [4.69, 9.17) is 9.47 Å². The number of hydrogen-bond acceptors (Lipinski definition) is 6. The van der Waals surface area contributed by atoms with Gasteiger partial charge in [-0.05, 0) is 50.1 Å². The molecule has 1 unspecified atom stereocenters. The Hall–Kier alpha value is -3.27. The molecule has 0 spiro atoms. The molecule has 1 aliphatic heterocycles. The van der Waals surface area contributed by atoms with Crippen molar-refractivity contribution in [3.8, 4) is 11.5 Å². The number of nitrogens with one attached hydrogen (secondary N) is 2. The quantitative estimate of drug-likeness (QED) is 0.623. The first-order valence-electron chi connectivity index (χ1n) is 10.2. The number of sulfonamides is 1. The van der Waals surface area contributed by atoms with E-state index in [1.807, 2.05) is 6.92 Å². The number of likely N-dealkylation sites (tertiary alicyclic amines) is 1. The lowest BCUT2D eigenvalue weighted by Gasteiger charge is -2.24. The number of benzene rings is 2. The van der Waals surface area contributed by atoms with Crippen LogP contribution in [-0.4, -0.2) is 58.5 Å². The molecule has 10 heteroatoms. The second-order valence-electron chi connectivity index (χ2n) is 7.25. The van der Waals surface area contributed by atoms with E-state index in [9.17, 15) is 18.0 Å². The highest BCUT2D eigenvalue weighted by atomic mass is 32.2. The Balaban J connectivity index is 1.81. The van der Waals surface area contributed by atoms with E-state index in [2.05, 4.69) is 10.0 Å². The monoisotopic (exact) mass is 461 g/mol. The largest absolute Gasteiger partial charge is 0.493 e. The van der Waals surface area contributed by atoms with Gasteiger partial charge in [-0.3, -0.25) is 14.3 Å². The number of likely N-dealkylation sites (N-methyl/N-ethyl adjacent to an activating group) is 1. The maximum atomic E-state index is 13.0. The lowest BCUT2D eigenvalue weighted by atomic mass is 10.1. The van der Waals surface area contributed by atoms with Crippen molar-refractivity contribution < 1.29 is 27.5 Å². The number of carbonyl (C=O) groups is 2. The summed E-state index contributed by atoms with van der Waals surface area (Å²) >= 11 is 0. The first-order valence-corrected chi connectivity index (χ1v) is 11.7. The van der Waals surface area contributed by atoms with E-state index in [1.54, 1.807) is 18.2 Å². The summed E-state index contributed by atoms with van der Waals surface area (Å²) in [5, 5.41) is 2.76. The molecule has 0 aliphatic carbocycles. The van der Waals surface area contributed by atoms with Gasteiger partial charge in [0, 0.05) is 30.4 Å². The van der Waals surface area contributed by atoms with E-state index < -0.39 is 16.1 Å². The maximum absolute atomic E-state index is 13.0. The van der Waals surface area contributed by atoms with E-state index >= 15 is 0 Å². The molecule has 1 heterocycles. The van der Waals surface area contributed by atoms with Crippen molar-refractivity contribution in [3.05, 3.63) is 48.0 Å². The van der Waals surface area contributed by atoms with Crippen molar-refractivity contribution in [1.82, 2.24) is 10.2 Å². The van der Waals surface area contributed by atoms with Gasteiger partial charge in [-0.25, -0.2) is 8.42 Å². The molecule has 0 bridgehead atoms. The number of rotatable bonds is 8. The minimum Gasteiger partial charge on any atom is -0.493 e. The third kappa shape index (κ3) is 4.96. The second-order valence-corrected chi connectivity index (χ2v) is 8.94. The zero-order chi connectivity index (χ0) is 23.3. The predicted octanol–water partition coefficient (Wildman–Crippen LogP) is 2.25. The van der Waals surface area contributed by atoms with E-state index in [0.29, 0.717) is 30.8 Å². The van der Waals surface area contributed by atoms with E-state index in [0.717, 1.165) is 6.42 Å². The molecular weight excluding hydrogens is 434 g/mol. The van der Waals surface area contributed by atoms with Crippen LogP contribution in [0.4, 0.5) is 5.69 Å². The minimum atomic E-state index is -3.94. The topological polar surface area (TPSA) is 114 Å². The van der Waals surface area contributed by atoms with Crippen molar-refractivity contribution in [2.75, 3.05) is 32.0 Å². The Kier molecular flexibility index (Phi) is 7.24. The fourth-order valence-electron chi connectivity index (χ4n) is 3.65. The first kappa shape index (κ1) is 23.4. The van der Waals surface area contributed by atoms with Gasteiger partial charge in [0.05, 0.1) is 19.1 Å². The highest BCUT2D eigenvalue weighted by molar-refractivity contribution is 7.92. The number of hydrogen-bond donors (Lipinski definition) is 2. The number of amides is 2. The lowest BCUT2D eigenvalue weighted by molar-refractivity contribution is -0.124. The summed E-state index contributed by atoms with van der Waals surface area (Å²) < 4.78 is 38.5. The minimum absolute atomic E-state index is 0.0114. The van der Waals surface area contributed by atoms with Gasteiger partial charge in [0.15, 0.2) is 11.5 Å². The van der Waals surface area contributed by atoms with E-state index in [1.165, 1.54) is 43.4 Å². The summed E-state index contributed by atoms with van der Waals surface area (Å²) in [6, 6.07) is 9.96. The van der Waals surface area contributed by atoms with Gasteiger partial charge in [-0.15, -0.1) is 0 Å². The molecule has 0 aromatic heterocycles. The lowest BCUT2D eigenvalue weighted by Crippen LogP contribution is -2.45. The van der Waals surface area contributed by atoms with Crippen LogP contribution >= 0.6 is 0 Å².